The van der Waals surface area contributed by atoms with Gasteiger partial charge in [-0.25, -0.2) is 4.39 Å². The molecule has 0 radical (unpaired) electrons. The molecule has 9 nitrogen and oxygen atoms in total. The lowest BCUT2D eigenvalue weighted by molar-refractivity contribution is -0.386. The topological polar surface area (TPSA) is 108 Å². The summed E-state index contributed by atoms with van der Waals surface area (Å²) in [6.45, 7) is 3.07. The second-order valence-electron chi connectivity index (χ2n) is 6.14. The van der Waals surface area contributed by atoms with Crippen molar-refractivity contribution in [2.75, 3.05) is 5.32 Å². The van der Waals surface area contributed by atoms with Crippen LogP contribution in [0, 0.1) is 29.8 Å². The summed E-state index contributed by atoms with van der Waals surface area (Å²) >= 11 is 6.11. The molecule has 0 atom stereocenters. The molecule has 1 N–H and O–H groups in total. The average molecular weight is 407 g/mol. The molecule has 0 saturated carbocycles. The molecule has 1 amide bonds. The molecule has 0 bridgehead atoms. The molecule has 0 saturated heterocycles. The van der Waals surface area contributed by atoms with E-state index in [4.69, 9.17) is 11.6 Å². The van der Waals surface area contributed by atoms with Gasteiger partial charge in [0.25, 0.3) is 0 Å². The van der Waals surface area contributed by atoms with E-state index in [1.807, 2.05) is 0 Å². The third kappa shape index (κ3) is 4.17. The first-order valence-corrected chi connectivity index (χ1v) is 8.58. The molecule has 2 heterocycles. The van der Waals surface area contributed by atoms with Gasteiger partial charge in [-0.15, -0.1) is 0 Å². The Kier molecular flexibility index (Phi) is 5.41. The van der Waals surface area contributed by atoms with E-state index < -0.39 is 10.8 Å². The molecule has 28 heavy (non-hydrogen) atoms. The first kappa shape index (κ1) is 19.5. The van der Waals surface area contributed by atoms with Crippen molar-refractivity contribution in [1.29, 1.82) is 0 Å². The normalized spacial score (nSPS) is 10.9. The maximum atomic E-state index is 13.3. The smallest absolute Gasteiger partial charge is 0.306 e. The highest BCUT2D eigenvalue weighted by molar-refractivity contribution is 6.33. The molecule has 0 unspecified atom stereocenters. The molecule has 0 fully saturated rings. The van der Waals surface area contributed by atoms with Gasteiger partial charge >= 0.3 is 5.69 Å². The van der Waals surface area contributed by atoms with Gasteiger partial charge in [-0.2, -0.15) is 10.2 Å². The number of anilines is 1. The van der Waals surface area contributed by atoms with Crippen molar-refractivity contribution in [1.82, 2.24) is 19.6 Å². The molecule has 11 heteroatoms. The van der Waals surface area contributed by atoms with Crippen LogP contribution in [0.2, 0.25) is 5.02 Å². The van der Waals surface area contributed by atoms with Gasteiger partial charge in [0.2, 0.25) is 5.91 Å². The van der Waals surface area contributed by atoms with Crippen LogP contribution < -0.4 is 5.32 Å². The monoisotopic (exact) mass is 406 g/mol. The molecular formula is C17H16ClFN6O3. The van der Waals surface area contributed by atoms with Gasteiger partial charge in [0.15, 0.2) is 5.82 Å². The summed E-state index contributed by atoms with van der Waals surface area (Å²) in [4.78, 5) is 22.8. The predicted octanol–water partition coefficient (Wildman–Crippen LogP) is 3.08. The van der Waals surface area contributed by atoms with E-state index in [1.165, 1.54) is 41.5 Å². The number of nitro groups is 1. The first-order chi connectivity index (χ1) is 13.2. The van der Waals surface area contributed by atoms with E-state index in [0.29, 0.717) is 5.56 Å². The molecule has 3 aromatic rings. The number of benzene rings is 1. The number of rotatable bonds is 6. The lowest BCUT2D eigenvalue weighted by Crippen LogP contribution is -2.21. The van der Waals surface area contributed by atoms with Crippen LogP contribution in [-0.2, 0) is 17.9 Å². The van der Waals surface area contributed by atoms with Crippen molar-refractivity contribution in [3.8, 4) is 0 Å². The Labute approximate surface area is 163 Å². The fourth-order valence-electron chi connectivity index (χ4n) is 2.80. The third-order valence-electron chi connectivity index (χ3n) is 4.03. The quantitative estimate of drug-likeness (QED) is 0.500. The van der Waals surface area contributed by atoms with E-state index in [-0.39, 0.29) is 46.8 Å². The molecule has 3 rings (SSSR count). The standard InChI is InChI=1S/C17H16ClFN6O3/c1-10-16(25(27)28)11(2)24(21-10)9-15(26)20-17-14(18)8-23(22-17)7-12-4-3-5-13(19)6-12/h3-6,8H,7,9H2,1-2H3,(H,20,22,26). The third-order valence-corrected chi connectivity index (χ3v) is 4.30. The van der Waals surface area contributed by atoms with Gasteiger partial charge in [0.05, 0.1) is 11.5 Å². The summed E-state index contributed by atoms with van der Waals surface area (Å²) in [5, 5.41) is 22.0. The number of carbonyl (C=O) groups is 1. The zero-order chi connectivity index (χ0) is 20.4. The fraction of sp³-hybridized carbons (Fsp3) is 0.235. The minimum absolute atomic E-state index is 0.120. The van der Waals surface area contributed by atoms with Crippen molar-refractivity contribution in [2.45, 2.75) is 26.9 Å². The van der Waals surface area contributed by atoms with Crippen molar-refractivity contribution in [3.05, 3.63) is 68.4 Å². The van der Waals surface area contributed by atoms with Crippen molar-refractivity contribution < 1.29 is 14.1 Å². The molecule has 2 aromatic heterocycles. The van der Waals surface area contributed by atoms with E-state index in [2.05, 4.69) is 15.5 Å². The van der Waals surface area contributed by atoms with Crippen LogP contribution in [0.15, 0.2) is 30.5 Å². The number of nitrogens with one attached hydrogen (secondary N) is 1. The number of hydrogen-bond acceptors (Lipinski definition) is 5. The van der Waals surface area contributed by atoms with E-state index in [9.17, 15) is 19.3 Å². The van der Waals surface area contributed by atoms with Crippen LogP contribution in [0.25, 0.3) is 0 Å². The molecule has 146 valence electrons. The largest absolute Gasteiger partial charge is 0.312 e. The molecular weight excluding hydrogens is 391 g/mol. The Morgan fingerprint density at radius 1 is 1.36 bits per heavy atom. The van der Waals surface area contributed by atoms with Crippen LogP contribution in [0.1, 0.15) is 17.0 Å². The zero-order valence-electron chi connectivity index (χ0n) is 15.0. The molecule has 0 aliphatic carbocycles. The van der Waals surface area contributed by atoms with E-state index in [0.717, 1.165) is 0 Å². The molecule has 0 spiro atoms. The van der Waals surface area contributed by atoms with E-state index in [1.54, 1.807) is 12.1 Å². The maximum Gasteiger partial charge on any atom is 0.312 e. The summed E-state index contributed by atoms with van der Waals surface area (Å²) in [6.07, 6.45) is 1.51. The number of amides is 1. The van der Waals surface area contributed by atoms with Crippen LogP contribution in [0.5, 0.6) is 0 Å². The van der Waals surface area contributed by atoms with Crippen LogP contribution in [0.4, 0.5) is 15.9 Å². The van der Waals surface area contributed by atoms with Crippen LogP contribution >= 0.6 is 11.6 Å². The van der Waals surface area contributed by atoms with Crippen molar-refractivity contribution in [2.24, 2.45) is 0 Å². The Bertz CT molecular complexity index is 1060. The molecule has 0 aliphatic heterocycles. The van der Waals surface area contributed by atoms with Gasteiger partial charge in [-0.05, 0) is 31.5 Å². The summed E-state index contributed by atoms with van der Waals surface area (Å²) in [7, 11) is 0. The summed E-state index contributed by atoms with van der Waals surface area (Å²) < 4.78 is 16.0. The fourth-order valence-corrected chi connectivity index (χ4v) is 3.00. The maximum absolute atomic E-state index is 13.3. The predicted molar refractivity (Wildman–Crippen MR) is 99.7 cm³/mol. The van der Waals surface area contributed by atoms with Crippen LogP contribution in [0.3, 0.4) is 0 Å². The minimum atomic E-state index is -0.531. The van der Waals surface area contributed by atoms with Gasteiger partial charge in [-0.1, -0.05) is 23.7 Å². The lowest BCUT2D eigenvalue weighted by atomic mass is 10.2. The summed E-state index contributed by atoms with van der Waals surface area (Å²) in [5.74, 6) is -0.708. The Morgan fingerprint density at radius 2 is 2.11 bits per heavy atom. The molecule has 0 aliphatic rings. The number of halogens is 2. The Morgan fingerprint density at radius 3 is 2.75 bits per heavy atom. The minimum Gasteiger partial charge on any atom is -0.306 e. The average Bonchev–Trinajstić information content (AvgIpc) is 3.06. The number of carbonyl (C=O) groups excluding carboxylic acids is 1. The highest BCUT2D eigenvalue weighted by Gasteiger charge is 2.23. The van der Waals surface area contributed by atoms with Gasteiger partial charge in [0.1, 0.15) is 28.8 Å². The molecule has 1 aromatic carbocycles. The van der Waals surface area contributed by atoms with Crippen molar-refractivity contribution in [3.63, 3.8) is 0 Å². The van der Waals surface area contributed by atoms with E-state index >= 15 is 0 Å². The summed E-state index contributed by atoms with van der Waals surface area (Å²) in [5.41, 5.74) is 1.07. The second kappa shape index (κ2) is 7.77. The SMILES string of the molecule is Cc1nn(CC(=O)Nc2nn(Cc3cccc(F)c3)cc2Cl)c(C)c1[N+](=O)[O-]. The lowest BCUT2D eigenvalue weighted by Gasteiger charge is -2.05. The van der Waals surface area contributed by atoms with Crippen molar-refractivity contribution >= 4 is 29.0 Å². The highest BCUT2D eigenvalue weighted by Crippen LogP contribution is 2.23. The summed E-state index contributed by atoms with van der Waals surface area (Å²) in [6, 6.07) is 6.05. The Hall–Kier alpha value is -3.27. The van der Waals surface area contributed by atoms with Gasteiger partial charge in [0, 0.05) is 6.20 Å². The van der Waals surface area contributed by atoms with Crippen LogP contribution in [-0.4, -0.2) is 30.4 Å². The second-order valence-corrected chi connectivity index (χ2v) is 6.54. The number of hydrogen-bond donors (Lipinski definition) is 1. The highest BCUT2D eigenvalue weighted by atomic mass is 35.5. The number of aryl methyl sites for hydroxylation is 1. The number of aromatic nitrogens is 4. The Balaban J connectivity index is 1.70. The van der Waals surface area contributed by atoms with Gasteiger partial charge < -0.3 is 5.32 Å². The number of nitrogens with zero attached hydrogens (tertiary/aromatic N) is 5. The van der Waals surface area contributed by atoms with Gasteiger partial charge in [-0.3, -0.25) is 24.3 Å². The first-order valence-electron chi connectivity index (χ1n) is 8.20. The zero-order valence-corrected chi connectivity index (χ0v) is 15.8.